The van der Waals surface area contributed by atoms with E-state index in [0.717, 1.165) is 31.4 Å². The second kappa shape index (κ2) is 4.97. The molecule has 1 aromatic carbocycles. The molecule has 0 aliphatic rings. The monoisotopic (exact) mass is 376 g/mol. The topological polar surface area (TPSA) is 64.7 Å². The molecule has 0 saturated carbocycles. The van der Waals surface area contributed by atoms with Crippen LogP contribution >= 0.6 is 22.6 Å². The van der Waals surface area contributed by atoms with Gasteiger partial charge in [-0.05, 0) is 48.6 Å². The van der Waals surface area contributed by atoms with Crippen molar-refractivity contribution in [3.63, 3.8) is 0 Å². The van der Waals surface area contributed by atoms with E-state index in [-0.39, 0.29) is 0 Å². The predicted octanol–water partition coefficient (Wildman–Crippen LogP) is 3.50. The zero-order chi connectivity index (χ0) is 14.3. The van der Waals surface area contributed by atoms with Crippen molar-refractivity contribution in [3.8, 4) is 11.4 Å². The third-order valence-corrected chi connectivity index (χ3v) is 4.46. The third kappa shape index (κ3) is 2.22. The highest BCUT2D eigenvalue weighted by molar-refractivity contribution is 14.1. The number of hydrogen-bond donors (Lipinski definition) is 1. The Balaban J connectivity index is 2.34. The lowest BCUT2D eigenvalue weighted by Crippen LogP contribution is -2.03. The molecule has 20 heavy (non-hydrogen) atoms. The summed E-state index contributed by atoms with van der Waals surface area (Å²) in [5.74, 6) is 1.17. The summed E-state index contributed by atoms with van der Waals surface area (Å²) in [5.41, 5.74) is 9.72. The van der Waals surface area contributed by atoms with Gasteiger partial charge in [0.05, 0.1) is 14.8 Å². The predicted molar refractivity (Wildman–Crippen MR) is 89.4 cm³/mol. The molecule has 0 unspecified atom stereocenters. The Bertz CT molecular complexity index is 791. The van der Waals surface area contributed by atoms with Crippen LogP contribution in [0.15, 0.2) is 30.3 Å². The van der Waals surface area contributed by atoms with E-state index in [0.29, 0.717) is 11.6 Å². The first-order valence-corrected chi connectivity index (χ1v) is 7.30. The molecule has 0 aliphatic heterocycles. The van der Waals surface area contributed by atoms with Crippen molar-refractivity contribution in [2.24, 2.45) is 0 Å². The number of nitrogens with two attached hydrogens (primary N) is 1. The van der Waals surface area contributed by atoms with Crippen LogP contribution in [0.5, 0.6) is 0 Å². The van der Waals surface area contributed by atoms with Crippen LogP contribution in [-0.2, 0) is 0 Å². The molecular formula is C15H13IN4. The molecule has 0 radical (unpaired) electrons. The van der Waals surface area contributed by atoms with Crippen LogP contribution in [0, 0.1) is 17.4 Å². The van der Waals surface area contributed by atoms with Crippen LogP contribution in [0.3, 0.4) is 0 Å². The van der Waals surface area contributed by atoms with Gasteiger partial charge in [0.25, 0.3) is 0 Å². The van der Waals surface area contributed by atoms with E-state index >= 15 is 0 Å². The van der Waals surface area contributed by atoms with E-state index in [4.69, 9.17) is 5.73 Å². The highest BCUT2D eigenvalue weighted by Crippen LogP contribution is 2.28. The maximum Gasteiger partial charge on any atom is 0.162 e. The summed E-state index contributed by atoms with van der Waals surface area (Å²) < 4.78 is 0.904. The lowest BCUT2D eigenvalue weighted by Gasteiger charge is -2.09. The van der Waals surface area contributed by atoms with Crippen LogP contribution in [0.1, 0.15) is 11.4 Å². The maximum absolute atomic E-state index is 5.97. The van der Waals surface area contributed by atoms with Gasteiger partial charge in [0.1, 0.15) is 5.82 Å². The Labute approximate surface area is 130 Å². The number of nitrogens with zero attached hydrogens (tertiary/aromatic N) is 3. The highest BCUT2D eigenvalue weighted by atomic mass is 127. The first-order valence-electron chi connectivity index (χ1n) is 6.22. The first-order chi connectivity index (χ1) is 9.56. The molecule has 5 heteroatoms. The number of fused-ring (bicyclic) bond motifs is 1. The Morgan fingerprint density at radius 1 is 1.05 bits per heavy atom. The number of para-hydroxylation sites is 1. The molecule has 3 rings (SSSR count). The summed E-state index contributed by atoms with van der Waals surface area (Å²) in [5, 5.41) is 1.04. The number of aromatic nitrogens is 3. The average molecular weight is 376 g/mol. The average Bonchev–Trinajstić information content (AvgIpc) is 2.43. The minimum absolute atomic E-state index is 0.520. The van der Waals surface area contributed by atoms with Crippen molar-refractivity contribution in [2.75, 3.05) is 5.73 Å². The van der Waals surface area contributed by atoms with Crippen molar-refractivity contribution in [3.05, 3.63) is 45.3 Å². The summed E-state index contributed by atoms with van der Waals surface area (Å²) in [6, 6.07) is 10.0. The molecule has 0 saturated heterocycles. The Kier molecular flexibility index (Phi) is 3.29. The second-order valence-electron chi connectivity index (χ2n) is 4.66. The van der Waals surface area contributed by atoms with E-state index < -0.39 is 0 Å². The number of pyridine rings is 1. The summed E-state index contributed by atoms with van der Waals surface area (Å²) in [6.07, 6.45) is 0. The van der Waals surface area contributed by atoms with E-state index in [1.807, 2.05) is 44.2 Å². The molecule has 2 heterocycles. The van der Waals surface area contributed by atoms with Gasteiger partial charge in [-0.1, -0.05) is 18.2 Å². The minimum atomic E-state index is 0.520. The maximum atomic E-state index is 5.97. The van der Waals surface area contributed by atoms with Crippen LogP contribution in [0.2, 0.25) is 0 Å². The number of anilines is 1. The van der Waals surface area contributed by atoms with Crippen molar-refractivity contribution in [2.45, 2.75) is 13.8 Å². The minimum Gasteiger partial charge on any atom is -0.383 e. The zero-order valence-corrected chi connectivity index (χ0v) is 13.3. The van der Waals surface area contributed by atoms with Gasteiger partial charge in [-0.3, -0.25) is 4.98 Å². The Morgan fingerprint density at radius 3 is 2.55 bits per heavy atom. The molecule has 100 valence electrons. The number of nitrogen functional groups attached to an aromatic ring is 1. The van der Waals surface area contributed by atoms with Crippen LogP contribution in [-0.4, -0.2) is 15.0 Å². The summed E-state index contributed by atoms with van der Waals surface area (Å²) in [6.45, 7) is 3.92. The molecule has 4 nitrogen and oxygen atoms in total. The first kappa shape index (κ1) is 13.2. The smallest absolute Gasteiger partial charge is 0.162 e. The Hall–Kier alpha value is -1.76. The molecule has 0 atom stereocenters. The molecule has 0 bridgehead atoms. The molecule has 2 aromatic heterocycles. The number of aryl methyl sites for hydroxylation is 2. The number of halogens is 1. The lowest BCUT2D eigenvalue weighted by molar-refractivity contribution is 1.10. The number of benzene rings is 1. The summed E-state index contributed by atoms with van der Waals surface area (Å²) >= 11 is 2.17. The highest BCUT2D eigenvalue weighted by Gasteiger charge is 2.12. The molecular weight excluding hydrogens is 363 g/mol. The molecule has 0 amide bonds. The Morgan fingerprint density at radius 2 is 1.80 bits per heavy atom. The molecule has 0 spiro atoms. The van der Waals surface area contributed by atoms with E-state index in [1.165, 1.54) is 0 Å². The van der Waals surface area contributed by atoms with Gasteiger partial charge < -0.3 is 5.73 Å². The van der Waals surface area contributed by atoms with Crippen molar-refractivity contribution in [1.29, 1.82) is 0 Å². The fraction of sp³-hybridized carbons (Fsp3) is 0.133. The summed E-state index contributed by atoms with van der Waals surface area (Å²) in [7, 11) is 0. The van der Waals surface area contributed by atoms with Gasteiger partial charge >= 0.3 is 0 Å². The fourth-order valence-electron chi connectivity index (χ4n) is 2.19. The fourth-order valence-corrected chi connectivity index (χ4v) is 2.44. The van der Waals surface area contributed by atoms with Gasteiger partial charge in [0.15, 0.2) is 5.82 Å². The van der Waals surface area contributed by atoms with Gasteiger partial charge in [-0.15, -0.1) is 0 Å². The molecule has 0 fully saturated rings. The van der Waals surface area contributed by atoms with Crippen LogP contribution in [0.4, 0.5) is 5.82 Å². The SMILES string of the molecule is Cc1cc(-c2nc(C)c(I)c(N)n2)c2ccccc2n1. The van der Waals surface area contributed by atoms with Crippen molar-refractivity contribution >= 4 is 39.3 Å². The molecule has 2 N–H and O–H groups in total. The van der Waals surface area contributed by atoms with E-state index in [9.17, 15) is 0 Å². The van der Waals surface area contributed by atoms with Gasteiger partial charge in [0.2, 0.25) is 0 Å². The summed E-state index contributed by atoms with van der Waals surface area (Å²) in [4.78, 5) is 13.5. The standard InChI is InChI=1S/C15H13IN4/c1-8-7-11(10-5-3-4-6-12(10)18-8)15-19-9(2)13(16)14(17)20-15/h3-7H,1-2H3,(H2,17,19,20). The largest absolute Gasteiger partial charge is 0.383 e. The molecule has 0 aliphatic carbocycles. The van der Waals surface area contributed by atoms with Gasteiger partial charge in [-0.25, -0.2) is 9.97 Å². The zero-order valence-electron chi connectivity index (χ0n) is 11.2. The van der Waals surface area contributed by atoms with E-state index in [1.54, 1.807) is 0 Å². The van der Waals surface area contributed by atoms with Crippen molar-refractivity contribution < 1.29 is 0 Å². The third-order valence-electron chi connectivity index (χ3n) is 3.13. The van der Waals surface area contributed by atoms with Gasteiger partial charge in [-0.2, -0.15) is 0 Å². The number of hydrogen-bond acceptors (Lipinski definition) is 4. The quantitative estimate of drug-likeness (QED) is 0.661. The number of rotatable bonds is 1. The van der Waals surface area contributed by atoms with Crippen LogP contribution < -0.4 is 5.73 Å². The van der Waals surface area contributed by atoms with Gasteiger partial charge in [0, 0.05) is 16.6 Å². The van der Waals surface area contributed by atoms with Crippen molar-refractivity contribution in [1.82, 2.24) is 15.0 Å². The molecule has 3 aromatic rings. The van der Waals surface area contributed by atoms with Crippen LogP contribution in [0.25, 0.3) is 22.3 Å². The second-order valence-corrected chi connectivity index (χ2v) is 5.74. The van der Waals surface area contributed by atoms with E-state index in [2.05, 4.69) is 37.5 Å². The lowest BCUT2D eigenvalue weighted by atomic mass is 10.1. The normalized spacial score (nSPS) is 10.9.